The van der Waals surface area contributed by atoms with Crippen molar-refractivity contribution < 1.29 is 29.0 Å². The highest BCUT2D eigenvalue weighted by atomic mass is 16.6. The number of hydrogen-bond donors (Lipinski definition) is 2. The molecule has 0 aromatic carbocycles. The SMILES string of the molecule is C/C=C\[C@@H]1C[C@H](C(=O)O)N(C(=O)OC(C)(C)C)[C@H]1[C@@H](NC(C)=O)C(C)(CCC)OC. The Bertz CT molecular complexity index is 657. The van der Waals surface area contributed by atoms with Crippen LogP contribution in [0.2, 0.25) is 0 Å². The predicted molar refractivity (Wildman–Crippen MR) is 114 cm³/mol. The van der Waals surface area contributed by atoms with Crippen LogP contribution in [0, 0.1) is 5.92 Å². The molecule has 0 bridgehead atoms. The normalized spacial score (nSPS) is 25.1. The maximum atomic E-state index is 13.2. The maximum absolute atomic E-state index is 13.2. The van der Waals surface area contributed by atoms with Crippen molar-refractivity contribution in [3.05, 3.63) is 12.2 Å². The molecule has 8 nitrogen and oxygen atoms in total. The van der Waals surface area contributed by atoms with Crippen molar-refractivity contribution in [1.29, 1.82) is 0 Å². The quantitative estimate of drug-likeness (QED) is 0.577. The number of nitrogens with zero attached hydrogens (tertiary/aromatic N) is 1. The molecule has 0 aliphatic carbocycles. The molecule has 0 spiro atoms. The van der Waals surface area contributed by atoms with Crippen molar-refractivity contribution in [2.75, 3.05) is 7.11 Å². The third kappa shape index (κ3) is 6.20. The Labute approximate surface area is 180 Å². The fourth-order valence-electron chi connectivity index (χ4n) is 4.25. The molecule has 0 saturated carbocycles. The van der Waals surface area contributed by atoms with E-state index in [-0.39, 0.29) is 18.2 Å². The molecule has 2 N–H and O–H groups in total. The van der Waals surface area contributed by atoms with Gasteiger partial charge in [0.05, 0.1) is 17.7 Å². The smallest absolute Gasteiger partial charge is 0.411 e. The zero-order valence-corrected chi connectivity index (χ0v) is 19.5. The predicted octanol–water partition coefficient (Wildman–Crippen LogP) is 3.35. The number of rotatable bonds is 8. The summed E-state index contributed by atoms with van der Waals surface area (Å²) in [6.07, 6.45) is 4.65. The molecule has 1 rings (SSSR count). The number of allylic oxidation sites excluding steroid dienone is 1. The number of carboxylic acids is 1. The van der Waals surface area contributed by atoms with Crippen LogP contribution in [0.25, 0.3) is 0 Å². The Kier molecular flexibility index (Phi) is 8.90. The van der Waals surface area contributed by atoms with Gasteiger partial charge in [-0.1, -0.05) is 25.5 Å². The summed E-state index contributed by atoms with van der Waals surface area (Å²) in [5.41, 5.74) is -1.60. The van der Waals surface area contributed by atoms with Gasteiger partial charge in [0.2, 0.25) is 5.91 Å². The number of likely N-dealkylation sites (tertiary alicyclic amines) is 1. The fraction of sp³-hybridized carbons (Fsp3) is 0.773. The Hall–Kier alpha value is -2.09. The Morgan fingerprint density at radius 3 is 2.27 bits per heavy atom. The molecule has 1 unspecified atom stereocenters. The molecule has 0 aromatic heterocycles. The van der Waals surface area contributed by atoms with E-state index in [4.69, 9.17) is 9.47 Å². The third-order valence-corrected chi connectivity index (χ3v) is 5.49. The number of nitrogens with one attached hydrogen (secondary N) is 1. The minimum Gasteiger partial charge on any atom is -0.480 e. The number of carboxylic acid groups (broad SMARTS) is 1. The van der Waals surface area contributed by atoms with E-state index < -0.39 is 41.4 Å². The average Bonchev–Trinajstić information content (AvgIpc) is 2.98. The van der Waals surface area contributed by atoms with E-state index in [1.165, 1.54) is 11.8 Å². The van der Waals surface area contributed by atoms with Crippen LogP contribution in [-0.2, 0) is 19.1 Å². The molecule has 30 heavy (non-hydrogen) atoms. The summed E-state index contributed by atoms with van der Waals surface area (Å²) >= 11 is 0. The second-order valence-electron chi connectivity index (χ2n) is 9.10. The van der Waals surface area contributed by atoms with Gasteiger partial charge in [0.15, 0.2) is 0 Å². The Balaban J connectivity index is 3.62. The van der Waals surface area contributed by atoms with Crippen LogP contribution in [0.3, 0.4) is 0 Å². The van der Waals surface area contributed by atoms with E-state index in [2.05, 4.69) is 5.32 Å². The van der Waals surface area contributed by atoms with Crippen LogP contribution >= 0.6 is 0 Å². The number of amides is 2. The zero-order valence-electron chi connectivity index (χ0n) is 19.5. The van der Waals surface area contributed by atoms with E-state index in [0.717, 1.165) is 6.42 Å². The minimum atomic E-state index is -1.10. The summed E-state index contributed by atoms with van der Waals surface area (Å²) in [6.45, 7) is 12.3. The van der Waals surface area contributed by atoms with Gasteiger partial charge >= 0.3 is 12.1 Å². The lowest BCUT2D eigenvalue weighted by atomic mass is 9.81. The number of aliphatic carboxylic acids is 1. The second kappa shape index (κ2) is 10.3. The number of ether oxygens (including phenoxy) is 2. The van der Waals surface area contributed by atoms with Crippen molar-refractivity contribution in [1.82, 2.24) is 10.2 Å². The molecule has 5 atom stereocenters. The molecule has 1 fully saturated rings. The van der Waals surface area contributed by atoms with Crippen molar-refractivity contribution in [2.24, 2.45) is 5.92 Å². The van der Waals surface area contributed by atoms with Crippen molar-refractivity contribution >= 4 is 18.0 Å². The molecule has 2 amide bonds. The van der Waals surface area contributed by atoms with Gasteiger partial charge < -0.3 is 19.9 Å². The number of methoxy groups -OCH3 is 1. The van der Waals surface area contributed by atoms with Crippen LogP contribution in [0.15, 0.2) is 12.2 Å². The fourth-order valence-corrected chi connectivity index (χ4v) is 4.25. The monoisotopic (exact) mass is 426 g/mol. The first kappa shape index (κ1) is 25.9. The molecule has 1 saturated heterocycles. The van der Waals surface area contributed by atoms with Gasteiger partial charge in [-0.2, -0.15) is 0 Å². The highest BCUT2D eigenvalue weighted by Crippen LogP contribution is 2.39. The summed E-state index contributed by atoms with van der Waals surface area (Å²) in [7, 11) is 1.57. The average molecular weight is 427 g/mol. The van der Waals surface area contributed by atoms with Gasteiger partial charge in [-0.25, -0.2) is 9.59 Å². The summed E-state index contributed by atoms with van der Waals surface area (Å²) in [4.78, 5) is 38.6. The van der Waals surface area contributed by atoms with Gasteiger partial charge in [-0.3, -0.25) is 9.69 Å². The van der Waals surface area contributed by atoms with Gasteiger partial charge in [0.1, 0.15) is 11.6 Å². The minimum absolute atomic E-state index is 0.228. The van der Waals surface area contributed by atoms with Gasteiger partial charge in [-0.15, -0.1) is 0 Å². The molecule has 8 heteroatoms. The van der Waals surface area contributed by atoms with E-state index in [9.17, 15) is 19.5 Å². The van der Waals surface area contributed by atoms with Gasteiger partial charge in [0.25, 0.3) is 0 Å². The lowest BCUT2D eigenvalue weighted by Gasteiger charge is -2.44. The molecular formula is C22H38N2O6. The Morgan fingerprint density at radius 1 is 1.27 bits per heavy atom. The van der Waals surface area contributed by atoms with E-state index in [1.54, 1.807) is 27.9 Å². The van der Waals surface area contributed by atoms with Gasteiger partial charge in [0, 0.05) is 20.0 Å². The molecule has 0 radical (unpaired) electrons. The molecule has 1 aliphatic rings. The first-order valence-corrected chi connectivity index (χ1v) is 10.5. The summed E-state index contributed by atoms with van der Waals surface area (Å²) < 4.78 is 11.4. The highest BCUT2D eigenvalue weighted by Gasteiger charge is 2.55. The van der Waals surface area contributed by atoms with Gasteiger partial charge in [-0.05, 0) is 47.5 Å². The molecular weight excluding hydrogens is 388 g/mol. The van der Waals surface area contributed by atoms with Crippen molar-refractivity contribution in [2.45, 2.75) is 97.1 Å². The number of carbonyl (C=O) groups excluding carboxylic acids is 2. The van der Waals surface area contributed by atoms with Crippen LogP contribution in [-0.4, -0.2) is 64.4 Å². The van der Waals surface area contributed by atoms with Crippen molar-refractivity contribution in [3.63, 3.8) is 0 Å². The lowest BCUT2D eigenvalue weighted by Crippen LogP contribution is -2.64. The topological polar surface area (TPSA) is 105 Å². The maximum Gasteiger partial charge on any atom is 0.411 e. The molecule has 0 aromatic rings. The van der Waals surface area contributed by atoms with E-state index >= 15 is 0 Å². The van der Waals surface area contributed by atoms with Crippen LogP contribution in [0.5, 0.6) is 0 Å². The van der Waals surface area contributed by atoms with E-state index in [0.29, 0.717) is 6.42 Å². The third-order valence-electron chi connectivity index (χ3n) is 5.49. The zero-order chi connectivity index (χ0) is 23.3. The number of carbonyl (C=O) groups is 3. The molecule has 1 heterocycles. The van der Waals surface area contributed by atoms with Crippen molar-refractivity contribution in [3.8, 4) is 0 Å². The first-order valence-electron chi connectivity index (χ1n) is 10.5. The Morgan fingerprint density at radius 2 is 1.87 bits per heavy atom. The standard InChI is InChI=1S/C22H38N2O6/c1-9-11-15-13-16(19(26)27)24(20(28)30-21(4,5)6)17(15)18(23-14(3)25)22(7,29-8)12-10-2/h9,11,15-18H,10,12-13H2,1-8H3,(H,23,25)(H,26,27)/b11-9-/t15-,16-,17-,18-,22?/m1/s1. The van der Waals surface area contributed by atoms with Crippen LogP contribution in [0.1, 0.15) is 67.7 Å². The summed E-state index contributed by atoms with van der Waals surface area (Å²) in [5, 5.41) is 12.8. The first-order chi connectivity index (χ1) is 13.8. The van der Waals surface area contributed by atoms with E-state index in [1.807, 2.05) is 32.9 Å². The summed E-state index contributed by atoms with van der Waals surface area (Å²) in [5.74, 6) is -1.66. The van der Waals surface area contributed by atoms with Crippen LogP contribution in [0.4, 0.5) is 4.79 Å². The number of hydrogen-bond acceptors (Lipinski definition) is 5. The second-order valence-corrected chi connectivity index (χ2v) is 9.10. The molecule has 1 aliphatic heterocycles. The lowest BCUT2D eigenvalue weighted by molar-refractivity contribution is -0.143. The highest BCUT2D eigenvalue weighted by molar-refractivity contribution is 5.82. The largest absolute Gasteiger partial charge is 0.480 e. The summed E-state index contributed by atoms with van der Waals surface area (Å²) in [6, 6.07) is -2.33. The van der Waals surface area contributed by atoms with Crippen LogP contribution < -0.4 is 5.32 Å². The molecule has 172 valence electrons.